The van der Waals surface area contributed by atoms with Crippen LogP contribution in [0.2, 0.25) is 10.0 Å². The third-order valence-electron chi connectivity index (χ3n) is 3.97. The van der Waals surface area contributed by atoms with Crippen LogP contribution in [0.25, 0.3) is 12.2 Å². The lowest BCUT2D eigenvalue weighted by atomic mass is 10.1. The van der Waals surface area contributed by atoms with E-state index in [-0.39, 0.29) is 11.3 Å². The Morgan fingerprint density at radius 3 is 2.54 bits per heavy atom. The summed E-state index contributed by atoms with van der Waals surface area (Å²) in [6.07, 6.45) is 3.24. The molecule has 0 radical (unpaired) electrons. The summed E-state index contributed by atoms with van der Waals surface area (Å²) >= 11 is 13.2. The zero-order chi connectivity index (χ0) is 18.8. The molecule has 0 saturated carbocycles. The number of nitrogens with zero attached hydrogens (tertiary/aromatic N) is 1. The second kappa shape index (κ2) is 7.62. The number of carbonyl (C=O) groups excluding carboxylic acids is 1. The van der Waals surface area contributed by atoms with Crippen molar-refractivity contribution in [1.82, 2.24) is 4.57 Å². The van der Waals surface area contributed by atoms with Crippen LogP contribution in [0.1, 0.15) is 21.5 Å². The summed E-state index contributed by atoms with van der Waals surface area (Å²) in [7, 11) is 1.65. The smallest absolute Gasteiger partial charge is 0.268 e. The summed E-state index contributed by atoms with van der Waals surface area (Å²) in [5, 5.41) is 0.885. The topological polar surface area (TPSA) is 39.1 Å². The van der Waals surface area contributed by atoms with E-state index >= 15 is 0 Å². The molecule has 0 atom stereocenters. The van der Waals surface area contributed by atoms with Gasteiger partial charge in [-0.15, -0.1) is 11.3 Å². The number of Topliss-reactive ketones (excluding diaryl/α,β-unsaturated/α-hetero) is 1. The number of benzene rings is 2. The lowest BCUT2D eigenvalue weighted by Crippen LogP contribution is -2.29. The first-order valence-electron chi connectivity index (χ1n) is 7.81. The highest BCUT2D eigenvalue weighted by molar-refractivity contribution is 7.07. The Labute approximate surface area is 164 Å². The van der Waals surface area contributed by atoms with Crippen molar-refractivity contribution in [3.8, 4) is 0 Å². The van der Waals surface area contributed by atoms with E-state index in [4.69, 9.17) is 23.2 Å². The lowest BCUT2D eigenvalue weighted by molar-refractivity contribution is 0.106. The van der Waals surface area contributed by atoms with Crippen molar-refractivity contribution in [2.45, 2.75) is 6.92 Å². The third-order valence-corrected chi connectivity index (χ3v) is 5.82. The molecule has 132 valence electrons. The molecule has 0 bridgehead atoms. The summed E-state index contributed by atoms with van der Waals surface area (Å²) in [5.74, 6) is -0.124. The Morgan fingerprint density at radius 2 is 1.85 bits per heavy atom. The first-order valence-corrected chi connectivity index (χ1v) is 9.38. The largest absolute Gasteiger partial charge is 0.302 e. The van der Waals surface area contributed by atoms with E-state index in [9.17, 15) is 9.59 Å². The molecular formula is C20H15Cl2NO2S. The number of aromatic nitrogens is 1. The molecule has 3 aromatic rings. The van der Waals surface area contributed by atoms with Gasteiger partial charge in [-0.2, -0.15) is 0 Å². The highest BCUT2D eigenvalue weighted by Crippen LogP contribution is 2.22. The van der Waals surface area contributed by atoms with Gasteiger partial charge in [-0.1, -0.05) is 53.5 Å². The standard InChI is InChI=1S/C20H15Cl2NO2S/c1-12-5-3-4-6-14(12)17(24)11-19-23(2)20(25)18(26-19)10-13-7-8-15(21)16(22)9-13/h3-11H,1-2H3/b18-10-,19-11-. The maximum Gasteiger partial charge on any atom is 0.268 e. The molecule has 0 aliphatic heterocycles. The van der Waals surface area contributed by atoms with Crippen molar-refractivity contribution in [3.05, 3.63) is 88.7 Å². The molecule has 3 nitrogen and oxygen atoms in total. The third kappa shape index (κ3) is 3.83. The molecule has 1 heterocycles. The molecule has 0 aliphatic rings. The molecule has 6 heteroatoms. The number of aryl methyl sites for hydroxylation is 1. The van der Waals surface area contributed by atoms with Crippen LogP contribution >= 0.6 is 34.5 Å². The Hall–Kier alpha value is -2.14. The molecule has 3 rings (SSSR count). The van der Waals surface area contributed by atoms with Crippen LogP contribution in [0.4, 0.5) is 0 Å². The van der Waals surface area contributed by atoms with Crippen LogP contribution in [0.15, 0.2) is 47.3 Å². The van der Waals surface area contributed by atoms with Crippen LogP contribution < -0.4 is 14.8 Å². The summed E-state index contributed by atoms with van der Waals surface area (Å²) in [5.41, 5.74) is 2.14. The molecule has 0 aliphatic carbocycles. The van der Waals surface area contributed by atoms with Crippen molar-refractivity contribution in [1.29, 1.82) is 0 Å². The van der Waals surface area contributed by atoms with Gasteiger partial charge in [-0.05, 0) is 36.3 Å². The number of rotatable bonds is 3. The second-order valence-electron chi connectivity index (χ2n) is 5.81. The molecule has 0 fully saturated rings. The molecule has 0 spiro atoms. The van der Waals surface area contributed by atoms with Crippen LogP contribution in [0, 0.1) is 6.92 Å². The fraction of sp³-hybridized carbons (Fsp3) is 0.100. The number of ketones is 1. The molecule has 0 N–H and O–H groups in total. The Balaban J connectivity index is 2.09. The zero-order valence-electron chi connectivity index (χ0n) is 14.1. The van der Waals surface area contributed by atoms with Gasteiger partial charge in [0.25, 0.3) is 5.56 Å². The Morgan fingerprint density at radius 1 is 1.12 bits per heavy atom. The monoisotopic (exact) mass is 403 g/mol. The quantitative estimate of drug-likeness (QED) is 0.627. The van der Waals surface area contributed by atoms with E-state index in [2.05, 4.69) is 0 Å². The molecule has 2 aromatic carbocycles. The molecule has 0 amide bonds. The number of hydrogen-bond donors (Lipinski definition) is 0. The van der Waals surface area contributed by atoms with Crippen molar-refractivity contribution in [3.63, 3.8) is 0 Å². The van der Waals surface area contributed by atoms with Gasteiger partial charge >= 0.3 is 0 Å². The van der Waals surface area contributed by atoms with Gasteiger partial charge in [0.1, 0.15) is 4.66 Å². The van der Waals surface area contributed by atoms with Gasteiger partial charge in [0.05, 0.1) is 14.6 Å². The molecule has 1 aromatic heterocycles. The van der Waals surface area contributed by atoms with E-state index in [1.807, 2.05) is 25.1 Å². The van der Waals surface area contributed by atoms with Gasteiger partial charge in [-0.25, -0.2) is 0 Å². The highest BCUT2D eigenvalue weighted by atomic mass is 35.5. The summed E-state index contributed by atoms with van der Waals surface area (Å²) < 4.78 is 2.59. The fourth-order valence-corrected chi connectivity index (χ4v) is 3.84. The Bertz CT molecular complexity index is 1180. The summed E-state index contributed by atoms with van der Waals surface area (Å²) in [4.78, 5) is 25.0. The van der Waals surface area contributed by atoms with Gasteiger partial charge in [-0.3, -0.25) is 9.59 Å². The first-order chi connectivity index (χ1) is 12.4. The minimum absolute atomic E-state index is 0.124. The van der Waals surface area contributed by atoms with E-state index in [1.165, 1.54) is 22.0 Å². The van der Waals surface area contributed by atoms with E-state index in [0.29, 0.717) is 24.8 Å². The van der Waals surface area contributed by atoms with Gasteiger partial charge < -0.3 is 4.57 Å². The molecular weight excluding hydrogens is 389 g/mol. The van der Waals surface area contributed by atoms with E-state index in [0.717, 1.165) is 11.1 Å². The van der Waals surface area contributed by atoms with Crippen molar-refractivity contribution >= 4 is 52.5 Å². The summed E-state index contributed by atoms with van der Waals surface area (Å²) in [6.45, 7) is 1.89. The minimum atomic E-state index is -0.162. The number of hydrogen-bond acceptors (Lipinski definition) is 3. The van der Waals surface area contributed by atoms with E-state index in [1.54, 1.807) is 37.4 Å². The van der Waals surface area contributed by atoms with Gasteiger partial charge in [0.15, 0.2) is 5.78 Å². The van der Waals surface area contributed by atoms with Crippen molar-refractivity contribution in [2.24, 2.45) is 7.05 Å². The predicted octanol–water partition coefficient (Wildman–Crippen LogP) is 3.55. The average molecular weight is 404 g/mol. The van der Waals surface area contributed by atoms with Gasteiger partial charge in [0, 0.05) is 18.7 Å². The average Bonchev–Trinajstić information content (AvgIpc) is 2.86. The highest BCUT2D eigenvalue weighted by Gasteiger charge is 2.08. The first kappa shape index (κ1) is 18.6. The second-order valence-corrected chi connectivity index (χ2v) is 7.69. The number of carbonyl (C=O) groups is 1. The zero-order valence-corrected chi connectivity index (χ0v) is 16.5. The minimum Gasteiger partial charge on any atom is -0.302 e. The van der Waals surface area contributed by atoms with Gasteiger partial charge in [0.2, 0.25) is 0 Å². The number of halogens is 2. The predicted molar refractivity (Wildman–Crippen MR) is 109 cm³/mol. The number of thiazole rings is 1. The molecule has 0 saturated heterocycles. The van der Waals surface area contributed by atoms with Crippen LogP contribution in [0.5, 0.6) is 0 Å². The molecule has 26 heavy (non-hydrogen) atoms. The normalized spacial score (nSPS) is 12.6. The SMILES string of the molecule is Cc1ccccc1C(=O)/C=c1\s/c(=C\c2ccc(Cl)c(Cl)c2)c(=O)n1C. The van der Waals surface area contributed by atoms with E-state index < -0.39 is 0 Å². The maximum absolute atomic E-state index is 12.5. The van der Waals surface area contributed by atoms with Crippen molar-refractivity contribution in [2.75, 3.05) is 0 Å². The van der Waals surface area contributed by atoms with Crippen molar-refractivity contribution < 1.29 is 4.79 Å². The lowest BCUT2D eigenvalue weighted by Gasteiger charge is -1.99. The molecule has 0 unspecified atom stereocenters. The maximum atomic E-state index is 12.5. The Kier molecular flexibility index (Phi) is 5.47. The van der Waals surface area contributed by atoms with Crippen LogP contribution in [0.3, 0.4) is 0 Å². The van der Waals surface area contributed by atoms with Crippen LogP contribution in [-0.2, 0) is 7.05 Å². The van der Waals surface area contributed by atoms with Crippen LogP contribution in [-0.4, -0.2) is 10.4 Å². The fourth-order valence-electron chi connectivity index (χ4n) is 2.50. The summed E-state index contributed by atoms with van der Waals surface area (Å²) in [6, 6.07) is 12.5.